The van der Waals surface area contributed by atoms with Crippen LogP contribution in [0.5, 0.6) is 0 Å². The summed E-state index contributed by atoms with van der Waals surface area (Å²) in [5.41, 5.74) is 4.31. The second-order valence-corrected chi connectivity index (χ2v) is 5.39. The van der Waals surface area contributed by atoms with Gasteiger partial charge in [0.25, 0.3) is 0 Å². The van der Waals surface area contributed by atoms with Crippen LogP contribution in [0.25, 0.3) is 0 Å². The zero-order valence-corrected chi connectivity index (χ0v) is 13.8. The van der Waals surface area contributed by atoms with Gasteiger partial charge >= 0.3 is 0 Å². The molecule has 0 aliphatic heterocycles. The molecule has 7 nitrogen and oxygen atoms in total. The van der Waals surface area contributed by atoms with Crippen molar-refractivity contribution < 1.29 is 14.4 Å². The lowest BCUT2D eigenvalue weighted by atomic mass is 10.1. The molecule has 1 aromatic rings. The van der Waals surface area contributed by atoms with Crippen molar-refractivity contribution in [3.05, 3.63) is 29.8 Å². The molecular formula is C16H22N4O3. The molecule has 0 heterocycles. The van der Waals surface area contributed by atoms with Crippen molar-refractivity contribution in [3.63, 3.8) is 0 Å². The summed E-state index contributed by atoms with van der Waals surface area (Å²) in [5.74, 6) is -1.00. The summed E-state index contributed by atoms with van der Waals surface area (Å²) in [6.07, 6.45) is -0.277. The molecule has 0 saturated heterocycles. The molecule has 0 aromatic heterocycles. The van der Waals surface area contributed by atoms with E-state index in [1.165, 1.54) is 6.92 Å². The molecule has 124 valence electrons. The van der Waals surface area contributed by atoms with Crippen molar-refractivity contribution in [2.45, 2.75) is 40.2 Å². The third-order valence-corrected chi connectivity index (χ3v) is 2.72. The van der Waals surface area contributed by atoms with Crippen molar-refractivity contribution in [3.8, 4) is 0 Å². The second kappa shape index (κ2) is 8.67. The fraction of sp³-hybridized carbons (Fsp3) is 0.375. The third-order valence-electron chi connectivity index (χ3n) is 2.72. The summed E-state index contributed by atoms with van der Waals surface area (Å²) in [6, 6.07) is 7.07. The Bertz CT molecular complexity index is 624. The van der Waals surface area contributed by atoms with Gasteiger partial charge in [0.1, 0.15) is 6.42 Å². The molecule has 0 unspecified atom stereocenters. The Morgan fingerprint density at radius 2 is 1.83 bits per heavy atom. The molecule has 0 radical (unpaired) electrons. The summed E-state index contributed by atoms with van der Waals surface area (Å²) in [5, 5.41) is 9.28. The third kappa shape index (κ3) is 7.21. The number of benzene rings is 1. The molecule has 0 bridgehead atoms. The van der Waals surface area contributed by atoms with Crippen LogP contribution in [-0.4, -0.2) is 29.5 Å². The molecule has 7 heteroatoms. The maximum atomic E-state index is 11.6. The van der Waals surface area contributed by atoms with Crippen LogP contribution in [0.3, 0.4) is 0 Å². The monoisotopic (exact) mass is 318 g/mol. The first kappa shape index (κ1) is 18.3. The van der Waals surface area contributed by atoms with Crippen molar-refractivity contribution in [1.82, 2.24) is 10.7 Å². The van der Waals surface area contributed by atoms with Crippen LogP contribution in [0.4, 0.5) is 5.69 Å². The Balaban J connectivity index is 2.64. The van der Waals surface area contributed by atoms with E-state index in [0.717, 1.165) is 5.56 Å². The predicted molar refractivity (Wildman–Crippen MR) is 89.0 cm³/mol. The lowest BCUT2D eigenvalue weighted by Gasteiger charge is -2.08. The first-order valence-corrected chi connectivity index (χ1v) is 7.28. The van der Waals surface area contributed by atoms with Gasteiger partial charge in [0.2, 0.25) is 17.7 Å². The lowest BCUT2D eigenvalue weighted by molar-refractivity contribution is -0.129. The van der Waals surface area contributed by atoms with Crippen molar-refractivity contribution >= 4 is 29.1 Å². The lowest BCUT2D eigenvalue weighted by Crippen LogP contribution is -2.34. The van der Waals surface area contributed by atoms with Gasteiger partial charge in [-0.2, -0.15) is 5.10 Å². The van der Waals surface area contributed by atoms with E-state index in [1.54, 1.807) is 25.1 Å². The van der Waals surface area contributed by atoms with Gasteiger partial charge in [-0.1, -0.05) is 12.1 Å². The fourth-order valence-electron chi connectivity index (χ4n) is 1.79. The number of hydrazone groups is 1. The number of amides is 3. The Morgan fingerprint density at radius 3 is 2.43 bits per heavy atom. The number of carbonyl (C=O) groups excluding carboxylic acids is 3. The molecule has 0 aliphatic carbocycles. The predicted octanol–water partition coefficient (Wildman–Crippen LogP) is 1.40. The highest BCUT2D eigenvalue weighted by Crippen LogP contribution is 2.11. The molecule has 0 aliphatic rings. The van der Waals surface area contributed by atoms with E-state index < -0.39 is 5.91 Å². The van der Waals surface area contributed by atoms with Gasteiger partial charge in [-0.3, -0.25) is 14.4 Å². The first-order chi connectivity index (χ1) is 10.8. The van der Waals surface area contributed by atoms with E-state index in [9.17, 15) is 14.4 Å². The highest BCUT2D eigenvalue weighted by molar-refractivity contribution is 6.02. The molecule has 3 amide bonds. The first-order valence-electron chi connectivity index (χ1n) is 7.28. The number of hydrogen-bond donors (Lipinski definition) is 3. The smallest absolute Gasteiger partial charge is 0.249 e. The molecule has 1 rings (SSSR count). The van der Waals surface area contributed by atoms with Crippen molar-refractivity contribution in [1.29, 1.82) is 0 Å². The summed E-state index contributed by atoms with van der Waals surface area (Å²) < 4.78 is 0. The van der Waals surface area contributed by atoms with Crippen LogP contribution in [0.15, 0.2) is 29.4 Å². The molecule has 1 aromatic carbocycles. The zero-order chi connectivity index (χ0) is 17.4. The van der Waals surface area contributed by atoms with Crippen molar-refractivity contribution in [2.24, 2.45) is 5.10 Å². The number of nitrogens with one attached hydrogen (secondary N) is 3. The summed E-state index contributed by atoms with van der Waals surface area (Å²) >= 11 is 0. The van der Waals surface area contributed by atoms with Gasteiger partial charge in [-0.15, -0.1) is 0 Å². The van der Waals surface area contributed by atoms with Gasteiger partial charge in [0, 0.05) is 18.7 Å². The van der Waals surface area contributed by atoms with Crippen molar-refractivity contribution in [2.75, 3.05) is 5.32 Å². The van der Waals surface area contributed by atoms with Crippen LogP contribution in [0.2, 0.25) is 0 Å². The molecule has 0 spiro atoms. The standard InChI is InChI=1S/C16H22N4O3/c1-10(2)17-15(22)9-16(23)20-19-11(3)13-6-5-7-14(8-13)18-12(4)21/h5-8,10H,9H2,1-4H3,(H,17,22)(H,18,21)(H,20,23)/b19-11+. The second-order valence-electron chi connectivity index (χ2n) is 5.39. The number of anilines is 1. The normalized spacial score (nSPS) is 11.1. The Hall–Kier alpha value is -2.70. The number of hydrogen-bond acceptors (Lipinski definition) is 4. The molecule has 0 fully saturated rings. The average Bonchev–Trinajstić information content (AvgIpc) is 2.43. The van der Waals surface area contributed by atoms with Crippen LogP contribution in [0.1, 0.15) is 39.7 Å². The Morgan fingerprint density at radius 1 is 1.13 bits per heavy atom. The maximum absolute atomic E-state index is 11.6. The molecular weight excluding hydrogens is 296 g/mol. The fourth-order valence-corrected chi connectivity index (χ4v) is 1.79. The van der Waals surface area contributed by atoms with Gasteiger partial charge in [-0.25, -0.2) is 5.43 Å². The van der Waals surface area contributed by atoms with Gasteiger partial charge in [0.15, 0.2) is 0 Å². The largest absolute Gasteiger partial charge is 0.353 e. The number of nitrogens with zero attached hydrogens (tertiary/aromatic N) is 1. The summed E-state index contributed by atoms with van der Waals surface area (Å²) in [7, 11) is 0. The van der Waals surface area contributed by atoms with E-state index in [1.807, 2.05) is 19.9 Å². The molecule has 23 heavy (non-hydrogen) atoms. The molecule has 0 atom stereocenters. The van der Waals surface area contributed by atoms with Gasteiger partial charge in [-0.05, 0) is 38.5 Å². The highest BCUT2D eigenvalue weighted by Gasteiger charge is 2.09. The Labute approximate surface area is 135 Å². The minimum absolute atomic E-state index is 0.0166. The van der Waals surface area contributed by atoms with Gasteiger partial charge < -0.3 is 10.6 Å². The highest BCUT2D eigenvalue weighted by atomic mass is 16.2. The van der Waals surface area contributed by atoms with Crippen LogP contribution in [-0.2, 0) is 14.4 Å². The number of carbonyl (C=O) groups is 3. The van der Waals surface area contributed by atoms with Crippen LogP contribution >= 0.6 is 0 Å². The molecule has 3 N–H and O–H groups in total. The minimum atomic E-state index is -0.486. The number of rotatable bonds is 6. The topological polar surface area (TPSA) is 99.7 Å². The summed E-state index contributed by atoms with van der Waals surface area (Å²) in [6.45, 7) is 6.79. The van der Waals surface area contributed by atoms with E-state index in [-0.39, 0.29) is 24.3 Å². The molecule has 0 saturated carbocycles. The van der Waals surface area contributed by atoms with E-state index in [0.29, 0.717) is 11.4 Å². The SMILES string of the molecule is CC(=O)Nc1cccc(/C(C)=N/NC(=O)CC(=O)NC(C)C)c1. The summed E-state index contributed by atoms with van der Waals surface area (Å²) in [4.78, 5) is 34.2. The minimum Gasteiger partial charge on any atom is -0.353 e. The zero-order valence-electron chi connectivity index (χ0n) is 13.8. The maximum Gasteiger partial charge on any atom is 0.249 e. The Kier molecular flexibility index (Phi) is 6.92. The van der Waals surface area contributed by atoms with Crippen LogP contribution in [0, 0.1) is 0 Å². The van der Waals surface area contributed by atoms with E-state index in [2.05, 4.69) is 21.2 Å². The van der Waals surface area contributed by atoms with Gasteiger partial charge in [0.05, 0.1) is 5.71 Å². The van der Waals surface area contributed by atoms with E-state index in [4.69, 9.17) is 0 Å². The average molecular weight is 318 g/mol. The quantitative estimate of drug-likeness (QED) is 0.420. The van der Waals surface area contributed by atoms with E-state index >= 15 is 0 Å². The van der Waals surface area contributed by atoms with Crippen LogP contribution < -0.4 is 16.1 Å².